The van der Waals surface area contributed by atoms with Gasteiger partial charge < -0.3 is 15.4 Å². The van der Waals surface area contributed by atoms with Crippen LogP contribution in [0.4, 0.5) is 5.69 Å². The van der Waals surface area contributed by atoms with Gasteiger partial charge in [0.15, 0.2) is 0 Å². The van der Waals surface area contributed by atoms with Crippen LogP contribution in [-0.2, 0) is 16.1 Å². The molecule has 0 saturated carbocycles. The minimum atomic E-state index is -1.58. The number of hydrogen-bond acceptors (Lipinski definition) is 4. The van der Waals surface area contributed by atoms with Crippen molar-refractivity contribution in [1.29, 1.82) is 0 Å². The zero-order valence-corrected chi connectivity index (χ0v) is 12.1. The summed E-state index contributed by atoms with van der Waals surface area (Å²) in [6.07, 6.45) is 3.46. The van der Waals surface area contributed by atoms with E-state index in [1.165, 1.54) is 6.92 Å². The van der Waals surface area contributed by atoms with Crippen LogP contribution in [0.2, 0.25) is 0 Å². The van der Waals surface area contributed by atoms with Gasteiger partial charge in [0.25, 0.3) is 17.4 Å². The summed E-state index contributed by atoms with van der Waals surface area (Å²) in [6, 6.07) is 8.81. The smallest absolute Gasteiger partial charge is 0.278 e. The van der Waals surface area contributed by atoms with Crippen LogP contribution in [0, 0.1) is 0 Å². The summed E-state index contributed by atoms with van der Waals surface area (Å²) in [6.45, 7) is 2.34. The lowest BCUT2D eigenvalue weighted by atomic mass is 10.0. The quantitative estimate of drug-likeness (QED) is 0.818. The molecule has 1 aromatic heterocycles. The Labute approximate surface area is 127 Å². The average Bonchev–Trinajstić information content (AvgIpc) is 3.01. The lowest BCUT2D eigenvalue weighted by Gasteiger charge is -2.33. The lowest BCUT2D eigenvalue weighted by molar-refractivity contribution is -0.146. The molecular formula is C15H16N4O3. The highest BCUT2D eigenvalue weighted by Crippen LogP contribution is 2.33. The largest absolute Gasteiger partial charge is 0.466 e. The first kappa shape index (κ1) is 14.1. The van der Waals surface area contributed by atoms with Crippen molar-refractivity contribution < 1.29 is 14.3 Å². The maximum Gasteiger partial charge on any atom is 0.278 e. The molecule has 1 aliphatic heterocycles. The molecule has 0 spiro atoms. The molecular weight excluding hydrogens is 284 g/mol. The number of rotatable bonds is 4. The van der Waals surface area contributed by atoms with Gasteiger partial charge in [-0.15, -0.1) is 0 Å². The van der Waals surface area contributed by atoms with Gasteiger partial charge in [-0.2, -0.15) is 5.10 Å². The third kappa shape index (κ3) is 2.52. The number of hydrogen-bond donors (Lipinski definition) is 2. The highest BCUT2D eigenvalue weighted by molar-refractivity contribution is 6.15. The highest BCUT2D eigenvalue weighted by atomic mass is 16.5. The van der Waals surface area contributed by atoms with Gasteiger partial charge in [-0.25, -0.2) is 0 Å². The zero-order valence-electron chi connectivity index (χ0n) is 12.1. The zero-order chi connectivity index (χ0) is 15.6. The fourth-order valence-corrected chi connectivity index (χ4v) is 2.20. The Morgan fingerprint density at radius 1 is 1.41 bits per heavy atom. The summed E-state index contributed by atoms with van der Waals surface area (Å²) in [7, 11) is 0. The van der Waals surface area contributed by atoms with E-state index in [1.807, 2.05) is 0 Å². The molecule has 7 heteroatoms. The maximum absolute atomic E-state index is 12.3. The van der Waals surface area contributed by atoms with E-state index in [2.05, 4.69) is 15.7 Å². The van der Waals surface area contributed by atoms with Crippen molar-refractivity contribution in [1.82, 2.24) is 15.1 Å². The molecule has 7 nitrogen and oxygen atoms in total. The molecule has 2 heterocycles. The molecule has 2 N–H and O–H groups in total. The second-order valence-electron chi connectivity index (χ2n) is 5.11. The number of aromatic nitrogens is 2. The van der Waals surface area contributed by atoms with Gasteiger partial charge >= 0.3 is 0 Å². The second-order valence-corrected chi connectivity index (χ2v) is 5.11. The number of nitrogens with one attached hydrogen (secondary N) is 2. The van der Waals surface area contributed by atoms with Crippen LogP contribution < -0.4 is 15.4 Å². The summed E-state index contributed by atoms with van der Waals surface area (Å²) >= 11 is 0. The van der Waals surface area contributed by atoms with Crippen molar-refractivity contribution in [2.24, 2.45) is 0 Å². The molecule has 3 rings (SSSR count). The van der Waals surface area contributed by atoms with Crippen LogP contribution in [0.15, 0.2) is 42.7 Å². The first-order valence-electron chi connectivity index (χ1n) is 6.95. The molecule has 22 heavy (non-hydrogen) atoms. The lowest BCUT2D eigenvalue weighted by Crippen LogP contribution is -2.59. The molecule has 1 aliphatic rings. The minimum absolute atomic E-state index is 0.356. The van der Waals surface area contributed by atoms with Crippen LogP contribution in [0.3, 0.4) is 0 Å². The fraction of sp³-hybridized carbons (Fsp3) is 0.267. The molecule has 114 valence electrons. The maximum atomic E-state index is 12.3. The average molecular weight is 300 g/mol. The molecule has 0 radical (unpaired) electrons. The van der Waals surface area contributed by atoms with E-state index in [9.17, 15) is 9.59 Å². The number of carbonyl (C=O) groups is 2. The van der Waals surface area contributed by atoms with E-state index in [0.717, 1.165) is 0 Å². The predicted molar refractivity (Wildman–Crippen MR) is 79.3 cm³/mol. The molecule has 0 aliphatic carbocycles. The first-order valence-corrected chi connectivity index (χ1v) is 6.95. The fourth-order valence-electron chi connectivity index (χ4n) is 2.20. The van der Waals surface area contributed by atoms with E-state index in [1.54, 1.807) is 47.4 Å². The second kappa shape index (κ2) is 5.51. The minimum Gasteiger partial charge on any atom is -0.466 e. The summed E-state index contributed by atoms with van der Waals surface area (Å²) in [5.74, 6) is -0.485. The molecule has 1 aromatic carbocycles. The number of benzene rings is 1. The molecule has 0 bridgehead atoms. The van der Waals surface area contributed by atoms with Crippen molar-refractivity contribution in [3.05, 3.63) is 42.7 Å². The number of para-hydroxylation sites is 2. The van der Waals surface area contributed by atoms with E-state index < -0.39 is 17.4 Å². The summed E-state index contributed by atoms with van der Waals surface area (Å²) in [5.41, 5.74) is -1.02. The van der Waals surface area contributed by atoms with Crippen molar-refractivity contribution in [2.75, 3.05) is 11.9 Å². The SMILES string of the molecule is C[C@@]1(C(=O)NCCn2cccn2)Oc2ccccc2NC1=O. The van der Waals surface area contributed by atoms with Crippen molar-refractivity contribution in [2.45, 2.75) is 19.1 Å². The standard InChI is InChI=1S/C15H16N4O3/c1-15(13(20)16-8-10-19-9-4-7-17-19)14(21)18-11-5-2-3-6-12(11)22-15/h2-7,9H,8,10H2,1H3,(H,16,20)(H,18,21)/t15-/m0/s1. The summed E-state index contributed by atoms with van der Waals surface area (Å²) in [5, 5.41) is 9.44. The van der Waals surface area contributed by atoms with E-state index >= 15 is 0 Å². The molecule has 0 fully saturated rings. The van der Waals surface area contributed by atoms with Crippen LogP contribution in [0.1, 0.15) is 6.92 Å². The van der Waals surface area contributed by atoms with Crippen LogP contribution in [-0.4, -0.2) is 33.7 Å². The normalized spacial score (nSPS) is 19.8. The van der Waals surface area contributed by atoms with Gasteiger partial charge in [-0.3, -0.25) is 14.3 Å². The highest BCUT2D eigenvalue weighted by Gasteiger charge is 2.46. The Morgan fingerprint density at radius 3 is 3.00 bits per heavy atom. The third-order valence-electron chi connectivity index (χ3n) is 3.50. The summed E-state index contributed by atoms with van der Waals surface area (Å²) < 4.78 is 7.33. The van der Waals surface area contributed by atoms with E-state index in [4.69, 9.17) is 4.74 Å². The van der Waals surface area contributed by atoms with Crippen LogP contribution in [0.5, 0.6) is 5.75 Å². The molecule has 0 saturated heterocycles. The Hall–Kier alpha value is -2.83. The number of fused-ring (bicyclic) bond motifs is 1. The summed E-state index contributed by atoms with van der Waals surface area (Å²) in [4.78, 5) is 24.5. The van der Waals surface area contributed by atoms with Gasteiger partial charge in [0, 0.05) is 18.9 Å². The van der Waals surface area contributed by atoms with E-state index in [0.29, 0.717) is 24.5 Å². The number of anilines is 1. The molecule has 1 atom stereocenters. The van der Waals surface area contributed by atoms with Gasteiger partial charge in [0.05, 0.1) is 12.2 Å². The Balaban J connectivity index is 1.67. The van der Waals surface area contributed by atoms with Crippen molar-refractivity contribution in [3.8, 4) is 5.75 Å². The predicted octanol–water partition coefficient (Wildman–Crippen LogP) is 0.789. The van der Waals surface area contributed by atoms with Gasteiger partial charge in [0.1, 0.15) is 5.75 Å². The van der Waals surface area contributed by atoms with Crippen molar-refractivity contribution in [3.63, 3.8) is 0 Å². The first-order chi connectivity index (χ1) is 10.6. The molecule has 0 unspecified atom stereocenters. The third-order valence-corrected chi connectivity index (χ3v) is 3.50. The van der Waals surface area contributed by atoms with Crippen LogP contribution in [0.25, 0.3) is 0 Å². The Morgan fingerprint density at radius 2 is 2.23 bits per heavy atom. The van der Waals surface area contributed by atoms with Crippen LogP contribution >= 0.6 is 0 Å². The van der Waals surface area contributed by atoms with Gasteiger partial charge in [0.2, 0.25) is 0 Å². The van der Waals surface area contributed by atoms with E-state index in [-0.39, 0.29) is 0 Å². The van der Waals surface area contributed by atoms with Gasteiger partial charge in [-0.05, 0) is 25.1 Å². The monoisotopic (exact) mass is 300 g/mol. The topological polar surface area (TPSA) is 85.2 Å². The number of amides is 2. The Bertz CT molecular complexity index is 699. The molecule has 2 aromatic rings. The number of nitrogens with zero attached hydrogens (tertiary/aromatic N) is 2. The van der Waals surface area contributed by atoms with Crippen molar-refractivity contribution >= 4 is 17.5 Å². The molecule has 2 amide bonds. The Kier molecular flexibility index (Phi) is 3.54. The number of carbonyl (C=O) groups excluding carboxylic acids is 2. The number of ether oxygens (including phenoxy) is 1. The van der Waals surface area contributed by atoms with Gasteiger partial charge in [-0.1, -0.05) is 12.1 Å².